The second-order valence-corrected chi connectivity index (χ2v) is 10.3. The fraction of sp³-hybridized carbons (Fsp3) is 0.263. The summed E-state index contributed by atoms with van der Waals surface area (Å²) < 4.78 is 1.56. The Labute approximate surface area is 215 Å². The third-order valence-corrected chi connectivity index (χ3v) is 8.24. The number of hydrogen-bond donors (Lipinski definition) is 3. The molecule has 0 aromatic carbocycles. The lowest BCUT2D eigenvalue weighted by Crippen LogP contribution is -2.71. The SMILES string of the molecule is CO/N=C(\C(=O)N[C@@H]1C(=O)N2C(C(=O)O)=C(CSc3nnc4cccnn34)CS[C@@H]12)c1csc(N)n1. The van der Waals surface area contributed by atoms with Crippen molar-refractivity contribution in [2.75, 3.05) is 24.3 Å². The first-order valence-corrected chi connectivity index (χ1v) is 13.1. The number of thiazole rings is 1. The van der Waals surface area contributed by atoms with E-state index in [1.54, 1.807) is 28.2 Å². The summed E-state index contributed by atoms with van der Waals surface area (Å²) in [5.74, 6) is -1.83. The summed E-state index contributed by atoms with van der Waals surface area (Å²) in [5, 5.41) is 30.3. The van der Waals surface area contributed by atoms with E-state index in [0.717, 1.165) is 11.3 Å². The average Bonchev–Trinajstić information content (AvgIpc) is 3.49. The fourth-order valence-corrected chi connectivity index (χ4v) is 6.59. The summed E-state index contributed by atoms with van der Waals surface area (Å²) in [5.41, 5.74) is 6.73. The van der Waals surface area contributed by atoms with Gasteiger partial charge in [0.15, 0.2) is 16.5 Å². The van der Waals surface area contributed by atoms with Crippen molar-refractivity contribution in [3.63, 3.8) is 0 Å². The fourth-order valence-electron chi connectivity index (χ4n) is 3.66. The number of hydrogen-bond acceptors (Lipinski definition) is 13. The van der Waals surface area contributed by atoms with Crippen LogP contribution in [-0.2, 0) is 19.2 Å². The van der Waals surface area contributed by atoms with Crippen LogP contribution in [-0.4, -0.2) is 88.3 Å². The number of carboxylic acid groups (broad SMARTS) is 1. The highest BCUT2D eigenvalue weighted by atomic mass is 32.2. The van der Waals surface area contributed by atoms with E-state index in [4.69, 9.17) is 10.6 Å². The molecule has 5 heterocycles. The van der Waals surface area contributed by atoms with E-state index in [1.165, 1.54) is 35.5 Å². The predicted molar refractivity (Wildman–Crippen MR) is 131 cm³/mol. The maximum absolute atomic E-state index is 13.0. The molecule has 14 nitrogen and oxygen atoms in total. The maximum atomic E-state index is 13.0. The Hall–Kier alpha value is -3.70. The molecular weight excluding hydrogens is 530 g/mol. The van der Waals surface area contributed by atoms with Crippen molar-refractivity contribution < 1.29 is 24.3 Å². The number of β-lactam (4-membered cyclic amide) rings is 1. The Morgan fingerprint density at radius 1 is 1.42 bits per heavy atom. The van der Waals surface area contributed by atoms with Crippen molar-refractivity contribution >= 4 is 69.1 Å². The molecule has 0 bridgehead atoms. The largest absolute Gasteiger partial charge is 0.477 e. The number of anilines is 1. The van der Waals surface area contributed by atoms with Gasteiger partial charge >= 0.3 is 5.97 Å². The number of carboxylic acids is 1. The topological polar surface area (TPSA) is 190 Å². The first-order valence-electron chi connectivity index (χ1n) is 10.2. The van der Waals surface area contributed by atoms with Crippen LogP contribution in [0.15, 0.2) is 45.3 Å². The van der Waals surface area contributed by atoms with Crippen molar-refractivity contribution in [2.45, 2.75) is 16.6 Å². The zero-order chi connectivity index (χ0) is 25.4. The van der Waals surface area contributed by atoms with Crippen LogP contribution >= 0.6 is 34.9 Å². The van der Waals surface area contributed by atoms with E-state index < -0.39 is 29.2 Å². The molecule has 2 amide bonds. The molecule has 0 saturated carbocycles. The third kappa shape index (κ3) is 4.24. The van der Waals surface area contributed by atoms with Crippen LogP contribution in [0, 0.1) is 0 Å². The number of nitrogens with two attached hydrogens (primary N) is 1. The quantitative estimate of drug-likeness (QED) is 0.149. The Bertz CT molecular complexity index is 1430. The Morgan fingerprint density at radius 3 is 2.97 bits per heavy atom. The minimum atomic E-state index is -1.22. The number of carbonyl (C=O) groups excluding carboxylic acids is 2. The zero-order valence-corrected chi connectivity index (χ0v) is 20.8. The molecule has 1 saturated heterocycles. The van der Waals surface area contributed by atoms with Gasteiger partial charge in [-0.3, -0.25) is 14.5 Å². The van der Waals surface area contributed by atoms with Gasteiger partial charge in [0.1, 0.15) is 29.9 Å². The molecule has 36 heavy (non-hydrogen) atoms. The van der Waals surface area contributed by atoms with Crippen molar-refractivity contribution in [1.82, 2.24) is 35.0 Å². The van der Waals surface area contributed by atoms with Gasteiger partial charge in [0.25, 0.3) is 11.8 Å². The normalized spacial score (nSPS) is 19.8. The minimum Gasteiger partial charge on any atom is -0.477 e. The van der Waals surface area contributed by atoms with Crippen LogP contribution in [0.3, 0.4) is 0 Å². The number of nitrogen functional groups attached to an aromatic ring is 1. The predicted octanol–water partition coefficient (Wildman–Crippen LogP) is 0.0444. The lowest BCUT2D eigenvalue weighted by atomic mass is 10.0. The van der Waals surface area contributed by atoms with Crippen LogP contribution in [0.4, 0.5) is 5.13 Å². The van der Waals surface area contributed by atoms with Crippen molar-refractivity contribution in [3.8, 4) is 0 Å². The number of nitrogens with zero attached hydrogens (tertiary/aromatic N) is 7. The molecule has 0 spiro atoms. The van der Waals surface area contributed by atoms with Gasteiger partial charge in [-0.15, -0.1) is 33.3 Å². The van der Waals surface area contributed by atoms with Crippen LogP contribution in [0.1, 0.15) is 5.69 Å². The Morgan fingerprint density at radius 2 is 2.25 bits per heavy atom. The molecule has 1 fully saturated rings. The van der Waals surface area contributed by atoms with Crippen LogP contribution in [0.25, 0.3) is 5.65 Å². The second kappa shape index (κ2) is 9.75. The first kappa shape index (κ1) is 24.0. The smallest absolute Gasteiger partial charge is 0.352 e. The average molecular weight is 548 g/mol. The lowest BCUT2D eigenvalue weighted by Gasteiger charge is -2.49. The summed E-state index contributed by atoms with van der Waals surface area (Å²) in [6, 6.07) is 2.56. The number of oxime groups is 1. The van der Waals surface area contributed by atoms with Crippen molar-refractivity contribution in [1.29, 1.82) is 0 Å². The third-order valence-electron chi connectivity index (χ3n) is 5.22. The molecule has 0 aliphatic carbocycles. The Balaban J connectivity index is 1.32. The molecule has 0 unspecified atom stereocenters. The van der Waals surface area contributed by atoms with Crippen LogP contribution in [0.2, 0.25) is 0 Å². The molecule has 186 valence electrons. The summed E-state index contributed by atoms with van der Waals surface area (Å²) >= 11 is 3.75. The summed E-state index contributed by atoms with van der Waals surface area (Å²) in [7, 11) is 1.28. The Kier molecular flexibility index (Phi) is 6.50. The molecule has 2 aliphatic rings. The van der Waals surface area contributed by atoms with Gasteiger partial charge in [0.05, 0.1) is 0 Å². The minimum absolute atomic E-state index is 0.0958. The molecule has 5 rings (SSSR count). The molecule has 2 atom stereocenters. The molecule has 4 N–H and O–H groups in total. The van der Waals surface area contributed by atoms with Crippen molar-refractivity contribution in [3.05, 3.63) is 40.7 Å². The van der Waals surface area contributed by atoms with Gasteiger partial charge in [0.2, 0.25) is 5.16 Å². The molecular formula is C19H17N9O5S3. The first-order chi connectivity index (χ1) is 17.4. The van der Waals surface area contributed by atoms with E-state index in [1.807, 2.05) is 0 Å². The second-order valence-electron chi connectivity index (χ2n) is 7.38. The number of rotatable bonds is 8. The summed E-state index contributed by atoms with van der Waals surface area (Å²) in [6.07, 6.45) is 1.60. The van der Waals surface area contributed by atoms with Gasteiger partial charge in [-0.1, -0.05) is 16.9 Å². The van der Waals surface area contributed by atoms with E-state index in [9.17, 15) is 19.5 Å². The molecule has 3 aromatic heterocycles. The van der Waals surface area contributed by atoms with Gasteiger partial charge in [-0.05, 0) is 17.7 Å². The molecule has 2 aliphatic heterocycles. The number of carbonyl (C=O) groups is 3. The summed E-state index contributed by atoms with van der Waals surface area (Å²) in [6.45, 7) is 0. The summed E-state index contributed by atoms with van der Waals surface area (Å²) in [4.78, 5) is 47.9. The zero-order valence-electron chi connectivity index (χ0n) is 18.4. The number of nitrogens with one attached hydrogen (secondary N) is 1. The van der Waals surface area contributed by atoms with E-state index in [2.05, 4.69) is 30.8 Å². The number of aliphatic carboxylic acids is 1. The number of amides is 2. The van der Waals surface area contributed by atoms with E-state index in [-0.39, 0.29) is 28.0 Å². The highest BCUT2D eigenvalue weighted by Crippen LogP contribution is 2.41. The lowest BCUT2D eigenvalue weighted by molar-refractivity contribution is -0.150. The van der Waals surface area contributed by atoms with Crippen molar-refractivity contribution in [2.24, 2.45) is 5.16 Å². The molecule has 17 heteroatoms. The number of aromatic nitrogens is 5. The van der Waals surface area contributed by atoms with Gasteiger partial charge in [-0.25, -0.2) is 9.78 Å². The monoisotopic (exact) mass is 547 g/mol. The van der Waals surface area contributed by atoms with Gasteiger partial charge in [0, 0.05) is 23.1 Å². The number of fused-ring (bicyclic) bond motifs is 2. The highest BCUT2D eigenvalue weighted by molar-refractivity contribution is 8.01. The van der Waals surface area contributed by atoms with E-state index in [0.29, 0.717) is 22.1 Å². The molecule has 0 radical (unpaired) electrons. The van der Waals surface area contributed by atoms with Crippen LogP contribution in [0.5, 0.6) is 0 Å². The highest BCUT2D eigenvalue weighted by Gasteiger charge is 2.54. The maximum Gasteiger partial charge on any atom is 0.352 e. The molecule has 3 aromatic rings. The number of thioether (sulfide) groups is 2. The van der Waals surface area contributed by atoms with Gasteiger partial charge in [-0.2, -0.15) is 9.61 Å². The standard InChI is InChI=1S/C19H17N9O5S3/c1-33-26-11(9-7-35-18(20)22-9)14(29)23-12-15(30)27-13(17(31)32)8(5-34-16(12)27)6-36-19-25-24-10-3-2-4-21-28(10)19/h2-4,7,12,16H,5-6H2,1H3,(H2,20,22)(H,23,29)(H,31,32)/b26-11-/t12-,16+/m1/s1. The van der Waals surface area contributed by atoms with Gasteiger partial charge < -0.3 is 21.0 Å². The van der Waals surface area contributed by atoms with Crippen LogP contribution < -0.4 is 11.1 Å². The van der Waals surface area contributed by atoms with E-state index >= 15 is 0 Å².